The Hall–Kier alpha value is 0.0269. The van der Waals surface area contributed by atoms with Crippen LogP contribution in [0.15, 0.2) is 12.2 Å². The summed E-state index contributed by atoms with van der Waals surface area (Å²) in [7, 11) is -1.98. The Morgan fingerprint density at radius 3 is 2.11 bits per heavy atom. The summed E-state index contributed by atoms with van der Waals surface area (Å²) in [6.07, 6.45) is -1.41. The number of Topliss-reactive ketones (excluding diaryl/α,β-unsaturated/α-hetero) is 1. The van der Waals surface area contributed by atoms with E-state index in [0.717, 1.165) is 0 Å². The fourth-order valence-electron chi connectivity index (χ4n) is 1.31. The van der Waals surface area contributed by atoms with Crippen LogP contribution in [0.5, 0.6) is 0 Å². The number of halogens is 1. The second-order valence-electron chi connectivity index (χ2n) is 6.62. The molecule has 0 bridgehead atoms. The molecular weight excluding hydrogens is 324 g/mol. The molecule has 112 valence electrons. The van der Waals surface area contributed by atoms with Gasteiger partial charge in [0.05, 0.1) is 6.10 Å². The second kappa shape index (κ2) is 6.65. The van der Waals surface area contributed by atoms with Crippen LogP contribution in [-0.2, 0) is 9.22 Å². The predicted molar refractivity (Wildman–Crippen MR) is 86.3 cm³/mol. The first kappa shape index (κ1) is 19.0. The van der Waals surface area contributed by atoms with Crippen molar-refractivity contribution in [3.63, 3.8) is 0 Å². The first-order chi connectivity index (χ1) is 8.31. The average Bonchev–Trinajstić information content (AvgIpc) is 2.23. The van der Waals surface area contributed by atoms with Crippen LogP contribution in [0.3, 0.4) is 0 Å². The molecule has 0 saturated carbocycles. The number of hydrogen-bond donors (Lipinski definition) is 1. The third-order valence-electron chi connectivity index (χ3n) is 3.73. The summed E-state index contributed by atoms with van der Waals surface area (Å²) in [6, 6.07) is 0. The summed E-state index contributed by atoms with van der Waals surface area (Å²) in [5.74, 6) is -0.139. The van der Waals surface area contributed by atoms with Crippen molar-refractivity contribution in [2.24, 2.45) is 0 Å². The van der Waals surface area contributed by atoms with Crippen molar-refractivity contribution in [3.05, 3.63) is 12.2 Å². The number of ketones is 1. The molecule has 0 rings (SSSR count). The highest BCUT2D eigenvalue weighted by molar-refractivity contribution is 9.10. The molecule has 1 N–H and O–H groups in total. The smallest absolute Gasteiger partial charge is 0.193 e. The molecular formula is C14H27BrO3Si. The first-order valence-electron chi connectivity index (χ1n) is 6.50. The first-order valence-corrected chi connectivity index (χ1v) is 10.3. The molecule has 0 aliphatic rings. The number of hydrogen-bond acceptors (Lipinski definition) is 3. The van der Waals surface area contributed by atoms with E-state index < -0.39 is 25.4 Å². The van der Waals surface area contributed by atoms with Gasteiger partial charge < -0.3 is 9.53 Å². The van der Waals surface area contributed by atoms with E-state index in [0.29, 0.717) is 5.57 Å². The van der Waals surface area contributed by atoms with Crippen LogP contribution >= 0.6 is 15.9 Å². The molecule has 0 amide bonds. The van der Waals surface area contributed by atoms with Crippen LogP contribution in [0.2, 0.25) is 18.1 Å². The number of rotatable bonds is 6. The summed E-state index contributed by atoms with van der Waals surface area (Å²) in [6.45, 7) is 17.7. The number of carbonyl (C=O) groups excluding carboxylic acids is 1. The third kappa shape index (κ3) is 5.14. The topological polar surface area (TPSA) is 46.5 Å². The minimum atomic E-state index is -1.98. The van der Waals surface area contributed by atoms with Gasteiger partial charge >= 0.3 is 0 Å². The Bertz CT molecular complexity index is 347. The van der Waals surface area contributed by atoms with E-state index in [2.05, 4.69) is 56.4 Å². The summed E-state index contributed by atoms with van der Waals surface area (Å²) in [5.41, 5.74) is 0.565. The van der Waals surface area contributed by atoms with Gasteiger partial charge in [-0.15, -0.1) is 0 Å². The van der Waals surface area contributed by atoms with E-state index in [-0.39, 0.29) is 10.8 Å². The summed E-state index contributed by atoms with van der Waals surface area (Å²) in [5, 5.41) is 9.91. The SMILES string of the molecule is C=C(C)[C@H](O)[C@@H](Br)C(=O)[C@H](C)O[Si](C)(C)C(C)(C)C. The van der Waals surface area contributed by atoms with E-state index in [1.807, 2.05) is 0 Å². The highest BCUT2D eigenvalue weighted by atomic mass is 79.9. The van der Waals surface area contributed by atoms with Gasteiger partial charge in [-0.2, -0.15) is 0 Å². The van der Waals surface area contributed by atoms with Gasteiger partial charge in [-0.1, -0.05) is 48.9 Å². The van der Waals surface area contributed by atoms with Gasteiger partial charge in [-0.05, 0) is 32.0 Å². The summed E-state index contributed by atoms with van der Waals surface area (Å²) >= 11 is 3.24. The fourth-order valence-corrected chi connectivity index (χ4v) is 3.48. The average molecular weight is 351 g/mol. The minimum Gasteiger partial charge on any atom is -0.407 e. The third-order valence-corrected chi connectivity index (χ3v) is 9.24. The Kier molecular flexibility index (Phi) is 6.66. The molecule has 5 heteroatoms. The summed E-state index contributed by atoms with van der Waals surface area (Å²) < 4.78 is 6.03. The number of carbonyl (C=O) groups is 1. The molecule has 0 aliphatic carbocycles. The molecule has 0 saturated heterocycles. The molecule has 3 nitrogen and oxygen atoms in total. The van der Waals surface area contributed by atoms with Crippen molar-refractivity contribution >= 4 is 30.0 Å². The van der Waals surface area contributed by atoms with Crippen molar-refractivity contribution in [1.29, 1.82) is 0 Å². The maximum atomic E-state index is 12.2. The molecule has 0 aromatic heterocycles. The molecule has 0 aromatic carbocycles. The highest BCUT2D eigenvalue weighted by Crippen LogP contribution is 2.37. The zero-order chi connectivity index (χ0) is 15.6. The Morgan fingerprint density at radius 2 is 1.79 bits per heavy atom. The summed E-state index contributed by atoms with van der Waals surface area (Å²) in [4.78, 5) is 11.6. The maximum absolute atomic E-state index is 12.2. The van der Waals surface area contributed by atoms with Crippen molar-refractivity contribution in [2.45, 2.75) is 69.8 Å². The lowest BCUT2D eigenvalue weighted by Gasteiger charge is -2.38. The quantitative estimate of drug-likeness (QED) is 0.451. The number of aliphatic hydroxyl groups is 1. The number of aliphatic hydroxyl groups excluding tert-OH is 1. The molecule has 0 spiro atoms. The molecule has 0 unspecified atom stereocenters. The van der Waals surface area contributed by atoms with Crippen LogP contribution in [0.1, 0.15) is 34.6 Å². The van der Waals surface area contributed by atoms with Gasteiger partial charge in [0.25, 0.3) is 0 Å². The molecule has 0 aliphatic heterocycles. The maximum Gasteiger partial charge on any atom is 0.193 e. The van der Waals surface area contributed by atoms with E-state index in [1.165, 1.54) is 0 Å². The zero-order valence-corrected chi connectivity index (χ0v) is 15.7. The van der Waals surface area contributed by atoms with Crippen LogP contribution in [0.25, 0.3) is 0 Å². The normalized spacial score (nSPS) is 17.7. The fraction of sp³-hybridized carbons (Fsp3) is 0.786. The van der Waals surface area contributed by atoms with Crippen molar-refractivity contribution in [3.8, 4) is 0 Å². The molecule has 0 aromatic rings. The molecule has 0 heterocycles. The lowest BCUT2D eigenvalue weighted by Crippen LogP contribution is -2.47. The standard InChI is InChI=1S/C14H27BrO3Si/c1-9(2)12(16)11(15)13(17)10(3)18-19(7,8)14(4,5)6/h10-12,16H,1H2,2-8H3/t10-,11+,12-/m0/s1. The molecule has 0 radical (unpaired) electrons. The van der Waals surface area contributed by atoms with E-state index in [1.54, 1.807) is 13.8 Å². The lowest BCUT2D eigenvalue weighted by molar-refractivity contribution is -0.126. The van der Waals surface area contributed by atoms with E-state index in [4.69, 9.17) is 4.43 Å². The van der Waals surface area contributed by atoms with Crippen molar-refractivity contribution in [1.82, 2.24) is 0 Å². The van der Waals surface area contributed by atoms with Crippen LogP contribution in [0.4, 0.5) is 0 Å². The van der Waals surface area contributed by atoms with Gasteiger partial charge in [0.1, 0.15) is 10.9 Å². The number of alkyl halides is 1. The lowest BCUT2D eigenvalue weighted by atomic mass is 10.0. The Balaban J connectivity index is 4.81. The monoisotopic (exact) mass is 350 g/mol. The Morgan fingerprint density at radius 1 is 1.37 bits per heavy atom. The van der Waals surface area contributed by atoms with Gasteiger partial charge in [-0.25, -0.2) is 0 Å². The molecule has 3 atom stereocenters. The van der Waals surface area contributed by atoms with E-state index in [9.17, 15) is 9.90 Å². The zero-order valence-electron chi connectivity index (χ0n) is 13.1. The second-order valence-corrected chi connectivity index (χ2v) is 12.4. The van der Waals surface area contributed by atoms with Crippen LogP contribution < -0.4 is 0 Å². The van der Waals surface area contributed by atoms with Crippen LogP contribution in [-0.4, -0.2) is 36.2 Å². The van der Waals surface area contributed by atoms with E-state index >= 15 is 0 Å². The van der Waals surface area contributed by atoms with Crippen molar-refractivity contribution < 1.29 is 14.3 Å². The van der Waals surface area contributed by atoms with Gasteiger partial charge in [0.2, 0.25) is 0 Å². The van der Waals surface area contributed by atoms with Crippen LogP contribution in [0, 0.1) is 0 Å². The molecule has 0 fully saturated rings. The van der Waals surface area contributed by atoms with Gasteiger partial charge in [-0.3, -0.25) is 4.79 Å². The predicted octanol–water partition coefficient (Wildman–Crippen LogP) is 3.67. The largest absolute Gasteiger partial charge is 0.407 e. The van der Waals surface area contributed by atoms with Gasteiger partial charge in [0, 0.05) is 0 Å². The van der Waals surface area contributed by atoms with Crippen molar-refractivity contribution in [2.75, 3.05) is 0 Å². The minimum absolute atomic E-state index is 0.0519. The molecule has 19 heavy (non-hydrogen) atoms. The Labute approximate surface area is 126 Å². The highest BCUT2D eigenvalue weighted by Gasteiger charge is 2.40. The van der Waals surface area contributed by atoms with Gasteiger partial charge in [0.15, 0.2) is 14.1 Å².